The molecule has 2 heteroatoms. The van der Waals surface area contributed by atoms with E-state index in [9.17, 15) is 0 Å². The average molecular weight is 194 g/mol. The van der Waals surface area contributed by atoms with Gasteiger partial charge in [0.25, 0.3) is 0 Å². The topological polar surface area (TPSA) is 27.8 Å². The molecule has 1 rings (SSSR count). The Balaban J connectivity index is 2.12. The number of aromatic nitrogens is 1. The van der Waals surface area contributed by atoms with Crippen molar-refractivity contribution in [1.82, 2.24) is 10.3 Å². The Hall–Kier alpha value is -0.760. The van der Waals surface area contributed by atoms with Crippen LogP contribution in [0.1, 0.15) is 39.3 Å². The molecule has 1 aromatic rings. The minimum atomic E-state index is 0.612. The van der Waals surface area contributed by atoms with E-state index in [-0.39, 0.29) is 0 Å². The molecule has 0 aliphatic rings. The third-order valence-corrected chi connectivity index (χ3v) is 2.48. The van der Waals surface area contributed by atoms with Crippen molar-refractivity contribution in [1.29, 1.82) is 0 Å². The first kappa shape index (κ1) is 11.3. The van der Waals surface area contributed by atoms with Crippen molar-refractivity contribution in [3.05, 3.63) is 24.0 Å². The summed E-state index contributed by atoms with van der Waals surface area (Å²) in [5, 5.41) is 3.51. The highest BCUT2D eigenvalue weighted by molar-refractivity contribution is 5.03. The molecule has 1 heterocycles. The van der Waals surface area contributed by atoms with Gasteiger partial charge in [-0.05, 0) is 37.8 Å². The fraction of sp³-hybridized carbons (Fsp3) is 0.667. The van der Waals surface area contributed by atoms with E-state index in [1.54, 1.807) is 0 Å². The molecule has 0 bridgehead atoms. The van der Waals surface area contributed by atoms with E-state index in [1.165, 1.54) is 18.5 Å². The summed E-state index contributed by atoms with van der Waals surface area (Å²) in [4.78, 5) is 3.19. The molecule has 1 unspecified atom stereocenters. The van der Waals surface area contributed by atoms with Gasteiger partial charge in [-0.25, -0.2) is 0 Å². The second-order valence-corrected chi connectivity index (χ2v) is 4.45. The van der Waals surface area contributed by atoms with E-state index in [4.69, 9.17) is 0 Å². The first-order valence-electron chi connectivity index (χ1n) is 5.54. The third kappa shape index (κ3) is 4.47. The number of nitrogens with one attached hydrogen (secondary N) is 2. The van der Waals surface area contributed by atoms with Crippen molar-refractivity contribution in [2.45, 2.75) is 46.2 Å². The Bertz CT molecular complexity index is 226. The van der Waals surface area contributed by atoms with Gasteiger partial charge in [0.1, 0.15) is 0 Å². The molecule has 0 radical (unpaired) electrons. The lowest BCUT2D eigenvalue weighted by Gasteiger charge is -2.14. The van der Waals surface area contributed by atoms with Gasteiger partial charge in [-0.3, -0.25) is 0 Å². The van der Waals surface area contributed by atoms with Gasteiger partial charge < -0.3 is 10.3 Å². The van der Waals surface area contributed by atoms with Crippen LogP contribution in [0.3, 0.4) is 0 Å². The van der Waals surface area contributed by atoms with E-state index >= 15 is 0 Å². The number of aromatic amines is 1. The van der Waals surface area contributed by atoms with Crippen LogP contribution in [0.2, 0.25) is 0 Å². The van der Waals surface area contributed by atoms with Crippen LogP contribution < -0.4 is 5.32 Å². The van der Waals surface area contributed by atoms with Crippen LogP contribution in [0.5, 0.6) is 0 Å². The zero-order valence-electron chi connectivity index (χ0n) is 9.51. The van der Waals surface area contributed by atoms with Crippen molar-refractivity contribution in [3.63, 3.8) is 0 Å². The SMILES string of the molecule is CC(C)CCC(C)NCc1ccc[nH]1. The Kier molecular flexibility index (Phi) is 4.74. The zero-order valence-corrected chi connectivity index (χ0v) is 9.51. The van der Waals surface area contributed by atoms with Gasteiger partial charge in [-0.2, -0.15) is 0 Å². The predicted molar refractivity (Wildman–Crippen MR) is 61.2 cm³/mol. The molecule has 0 saturated carbocycles. The van der Waals surface area contributed by atoms with Gasteiger partial charge in [0.05, 0.1) is 0 Å². The summed E-state index contributed by atoms with van der Waals surface area (Å²) in [6.07, 6.45) is 4.53. The molecule has 0 aromatic carbocycles. The van der Waals surface area contributed by atoms with Gasteiger partial charge in [-0.15, -0.1) is 0 Å². The average Bonchev–Trinajstić information content (AvgIpc) is 2.63. The Morgan fingerprint density at radius 3 is 2.64 bits per heavy atom. The van der Waals surface area contributed by atoms with Crippen LogP contribution in [-0.2, 0) is 6.54 Å². The Morgan fingerprint density at radius 1 is 1.29 bits per heavy atom. The molecule has 0 fully saturated rings. The zero-order chi connectivity index (χ0) is 10.4. The molecule has 80 valence electrons. The van der Waals surface area contributed by atoms with Crippen LogP contribution in [0.4, 0.5) is 0 Å². The minimum Gasteiger partial charge on any atom is -0.364 e. The highest BCUT2D eigenvalue weighted by atomic mass is 14.9. The molecule has 14 heavy (non-hydrogen) atoms. The maximum atomic E-state index is 3.51. The van der Waals surface area contributed by atoms with Crippen molar-refractivity contribution in [3.8, 4) is 0 Å². The molecule has 0 spiro atoms. The standard InChI is InChI=1S/C12H22N2/c1-10(2)6-7-11(3)14-9-12-5-4-8-13-12/h4-5,8,10-11,13-14H,6-7,9H2,1-3H3. The number of H-pyrrole nitrogens is 1. The van der Waals surface area contributed by atoms with E-state index < -0.39 is 0 Å². The maximum Gasteiger partial charge on any atom is 0.0359 e. The van der Waals surface area contributed by atoms with Crippen molar-refractivity contribution in [2.75, 3.05) is 0 Å². The molecule has 2 N–H and O–H groups in total. The summed E-state index contributed by atoms with van der Waals surface area (Å²) in [5.41, 5.74) is 1.27. The summed E-state index contributed by atoms with van der Waals surface area (Å²) < 4.78 is 0. The van der Waals surface area contributed by atoms with Crippen molar-refractivity contribution in [2.24, 2.45) is 5.92 Å². The molecular formula is C12H22N2. The fourth-order valence-electron chi connectivity index (χ4n) is 1.45. The summed E-state index contributed by atoms with van der Waals surface area (Å²) >= 11 is 0. The summed E-state index contributed by atoms with van der Waals surface area (Å²) in [7, 11) is 0. The predicted octanol–water partition coefficient (Wildman–Crippen LogP) is 2.93. The fourth-order valence-corrected chi connectivity index (χ4v) is 1.45. The highest BCUT2D eigenvalue weighted by Crippen LogP contribution is 2.06. The molecule has 1 atom stereocenters. The van der Waals surface area contributed by atoms with Gasteiger partial charge in [-0.1, -0.05) is 13.8 Å². The van der Waals surface area contributed by atoms with Crippen molar-refractivity contribution < 1.29 is 0 Å². The van der Waals surface area contributed by atoms with E-state index in [2.05, 4.69) is 37.1 Å². The normalized spacial score (nSPS) is 13.4. The Morgan fingerprint density at radius 2 is 2.07 bits per heavy atom. The van der Waals surface area contributed by atoms with Gasteiger partial charge in [0.2, 0.25) is 0 Å². The quantitative estimate of drug-likeness (QED) is 0.716. The lowest BCUT2D eigenvalue weighted by atomic mass is 10.0. The van der Waals surface area contributed by atoms with Gasteiger partial charge in [0.15, 0.2) is 0 Å². The first-order chi connectivity index (χ1) is 6.68. The van der Waals surface area contributed by atoms with Crippen LogP contribution in [0.15, 0.2) is 18.3 Å². The summed E-state index contributed by atoms with van der Waals surface area (Å²) in [5.74, 6) is 0.810. The molecule has 2 nitrogen and oxygen atoms in total. The molecular weight excluding hydrogens is 172 g/mol. The third-order valence-electron chi connectivity index (χ3n) is 2.48. The number of hydrogen-bond acceptors (Lipinski definition) is 1. The molecule has 0 aliphatic carbocycles. The van der Waals surface area contributed by atoms with Crippen LogP contribution >= 0.6 is 0 Å². The monoisotopic (exact) mass is 194 g/mol. The Labute approximate surface area is 87.1 Å². The molecule has 0 amide bonds. The second kappa shape index (κ2) is 5.86. The van der Waals surface area contributed by atoms with E-state index in [0.717, 1.165) is 12.5 Å². The molecule has 1 aromatic heterocycles. The lowest BCUT2D eigenvalue weighted by Crippen LogP contribution is -2.25. The van der Waals surface area contributed by atoms with Gasteiger partial charge >= 0.3 is 0 Å². The molecule has 0 aliphatic heterocycles. The van der Waals surface area contributed by atoms with Crippen LogP contribution in [0.25, 0.3) is 0 Å². The number of hydrogen-bond donors (Lipinski definition) is 2. The summed E-state index contributed by atoms with van der Waals surface area (Å²) in [6, 6.07) is 4.76. The molecule has 0 saturated heterocycles. The van der Waals surface area contributed by atoms with Crippen LogP contribution in [-0.4, -0.2) is 11.0 Å². The largest absolute Gasteiger partial charge is 0.364 e. The second-order valence-electron chi connectivity index (χ2n) is 4.45. The van der Waals surface area contributed by atoms with Gasteiger partial charge in [0, 0.05) is 24.5 Å². The van der Waals surface area contributed by atoms with E-state index in [0.29, 0.717) is 6.04 Å². The highest BCUT2D eigenvalue weighted by Gasteiger charge is 2.03. The number of rotatable bonds is 6. The smallest absolute Gasteiger partial charge is 0.0359 e. The summed E-state index contributed by atoms with van der Waals surface area (Å²) in [6.45, 7) is 7.76. The maximum absolute atomic E-state index is 3.51. The van der Waals surface area contributed by atoms with Crippen molar-refractivity contribution >= 4 is 0 Å². The lowest BCUT2D eigenvalue weighted by molar-refractivity contribution is 0.449. The first-order valence-corrected chi connectivity index (χ1v) is 5.54. The minimum absolute atomic E-state index is 0.612. The van der Waals surface area contributed by atoms with E-state index in [1.807, 2.05) is 12.3 Å². The van der Waals surface area contributed by atoms with Crippen LogP contribution in [0, 0.1) is 5.92 Å².